The van der Waals surface area contributed by atoms with Crippen LogP contribution in [0.25, 0.3) is 0 Å². The number of aromatic nitrogens is 1. The number of nitrogens with zero attached hydrogens (tertiary/aromatic N) is 1. The van der Waals surface area contributed by atoms with Gasteiger partial charge in [0.05, 0.1) is 6.04 Å². The fourth-order valence-corrected chi connectivity index (χ4v) is 1.38. The van der Waals surface area contributed by atoms with Crippen LogP contribution < -0.4 is 11.3 Å². The standard InChI is InChI=1S/C10H15N3O2/c1-13(2)8(10(11)15)5-7-3-4-12-9(14)6-7/h3-4,6,8H,5H2,1-2H3,(H2,11,15)(H,12,14)/t8-/m0/s1. The van der Waals surface area contributed by atoms with Crippen LogP contribution in [0.15, 0.2) is 23.1 Å². The molecule has 1 aromatic heterocycles. The molecule has 1 amide bonds. The number of rotatable bonds is 4. The second kappa shape index (κ2) is 4.75. The summed E-state index contributed by atoms with van der Waals surface area (Å²) in [5, 5.41) is 0. The molecule has 0 spiro atoms. The van der Waals surface area contributed by atoms with Crippen LogP contribution in [0, 0.1) is 0 Å². The Bertz CT molecular complexity index is 398. The molecule has 0 saturated carbocycles. The predicted molar refractivity (Wildman–Crippen MR) is 57.4 cm³/mol. The summed E-state index contributed by atoms with van der Waals surface area (Å²) in [6.45, 7) is 0. The number of amides is 1. The SMILES string of the molecule is CN(C)[C@@H](Cc1cc[nH]c(=O)c1)C(N)=O. The van der Waals surface area contributed by atoms with Crippen molar-refractivity contribution in [2.75, 3.05) is 14.1 Å². The molecule has 1 aromatic rings. The summed E-state index contributed by atoms with van der Waals surface area (Å²) >= 11 is 0. The molecular weight excluding hydrogens is 194 g/mol. The average Bonchev–Trinajstić information content (AvgIpc) is 2.13. The minimum atomic E-state index is -0.389. The van der Waals surface area contributed by atoms with Gasteiger partial charge in [-0.05, 0) is 32.1 Å². The number of carbonyl (C=O) groups is 1. The molecule has 0 radical (unpaired) electrons. The normalized spacial score (nSPS) is 12.7. The third kappa shape index (κ3) is 3.21. The number of pyridine rings is 1. The van der Waals surface area contributed by atoms with Crippen molar-refractivity contribution in [3.63, 3.8) is 0 Å². The Hall–Kier alpha value is -1.62. The fraction of sp³-hybridized carbons (Fsp3) is 0.400. The van der Waals surface area contributed by atoms with Crippen LogP contribution in [0.4, 0.5) is 0 Å². The van der Waals surface area contributed by atoms with E-state index in [1.54, 1.807) is 31.3 Å². The minimum Gasteiger partial charge on any atom is -0.368 e. The van der Waals surface area contributed by atoms with E-state index in [0.717, 1.165) is 5.56 Å². The molecule has 0 aliphatic rings. The van der Waals surface area contributed by atoms with Crippen molar-refractivity contribution in [3.8, 4) is 0 Å². The number of hydrogen-bond donors (Lipinski definition) is 2. The van der Waals surface area contributed by atoms with E-state index in [1.165, 1.54) is 6.07 Å². The molecule has 1 rings (SSSR count). The molecule has 15 heavy (non-hydrogen) atoms. The Morgan fingerprint density at radius 1 is 1.60 bits per heavy atom. The number of primary amides is 1. The number of likely N-dealkylation sites (N-methyl/N-ethyl adjacent to an activating group) is 1. The highest BCUT2D eigenvalue weighted by atomic mass is 16.1. The predicted octanol–water partition coefficient (Wildman–Crippen LogP) is -0.667. The molecule has 0 aromatic carbocycles. The van der Waals surface area contributed by atoms with Crippen LogP contribution in [0.5, 0.6) is 0 Å². The quantitative estimate of drug-likeness (QED) is 0.690. The molecule has 1 heterocycles. The molecule has 1 atom stereocenters. The lowest BCUT2D eigenvalue weighted by Gasteiger charge is -2.20. The Balaban J connectivity index is 2.83. The van der Waals surface area contributed by atoms with E-state index < -0.39 is 0 Å². The van der Waals surface area contributed by atoms with E-state index in [2.05, 4.69) is 4.98 Å². The number of hydrogen-bond acceptors (Lipinski definition) is 3. The third-order valence-corrected chi connectivity index (χ3v) is 2.22. The summed E-state index contributed by atoms with van der Waals surface area (Å²) in [6, 6.07) is 2.85. The molecular formula is C10H15N3O2. The third-order valence-electron chi connectivity index (χ3n) is 2.22. The largest absolute Gasteiger partial charge is 0.368 e. The van der Waals surface area contributed by atoms with E-state index in [0.29, 0.717) is 6.42 Å². The summed E-state index contributed by atoms with van der Waals surface area (Å²) in [5.41, 5.74) is 5.89. The lowest BCUT2D eigenvalue weighted by Crippen LogP contribution is -2.42. The van der Waals surface area contributed by atoms with Gasteiger partial charge in [-0.15, -0.1) is 0 Å². The number of carbonyl (C=O) groups excluding carboxylic acids is 1. The van der Waals surface area contributed by atoms with Crippen LogP contribution in [0.2, 0.25) is 0 Å². The van der Waals surface area contributed by atoms with Crippen molar-refractivity contribution in [1.82, 2.24) is 9.88 Å². The van der Waals surface area contributed by atoms with Gasteiger partial charge >= 0.3 is 0 Å². The number of nitrogens with one attached hydrogen (secondary N) is 1. The first kappa shape index (κ1) is 11.5. The first-order valence-corrected chi connectivity index (χ1v) is 4.64. The first-order chi connectivity index (χ1) is 7.00. The summed E-state index contributed by atoms with van der Waals surface area (Å²) in [6.07, 6.45) is 2.01. The summed E-state index contributed by atoms with van der Waals surface area (Å²) < 4.78 is 0. The molecule has 82 valence electrons. The van der Waals surface area contributed by atoms with Crippen LogP contribution in [0.3, 0.4) is 0 Å². The highest BCUT2D eigenvalue weighted by Crippen LogP contribution is 2.03. The molecule has 0 saturated heterocycles. The maximum absolute atomic E-state index is 11.1. The topological polar surface area (TPSA) is 79.2 Å². The van der Waals surface area contributed by atoms with Gasteiger partial charge in [-0.3, -0.25) is 14.5 Å². The molecule has 3 N–H and O–H groups in total. The van der Waals surface area contributed by atoms with Gasteiger partial charge in [0.15, 0.2) is 0 Å². The van der Waals surface area contributed by atoms with E-state index in [-0.39, 0.29) is 17.5 Å². The first-order valence-electron chi connectivity index (χ1n) is 4.64. The fourth-order valence-electron chi connectivity index (χ4n) is 1.38. The molecule has 0 aliphatic carbocycles. The van der Waals surface area contributed by atoms with Crippen molar-refractivity contribution >= 4 is 5.91 Å². The Morgan fingerprint density at radius 3 is 2.73 bits per heavy atom. The van der Waals surface area contributed by atoms with Gasteiger partial charge < -0.3 is 10.7 Å². The second-order valence-electron chi connectivity index (χ2n) is 3.65. The summed E-state index contributed by atoms with van der Waals surface area (Å²) in [5.74, 6) is -0.389. The smallest absolute Gasteiger partial charge is 0.248 e. The molecule has 5 heteroatoms. The molecule has 5 nitrogen and oxygen atoms in total. The Morgan fingerprint density at radius 2 is 2.27 bits per heavy atom. The van der Waals surface area contributed by atoms with Gasteiger partial charge in [-0.2, -0.15) is 0 Å². The Kier molecular flexibility index (Phi) is 3.62. The van der Waals surface area contributed by atoms with Crippen molar-refractivity contribution < 1.29 is 4.79 Å². The second-order valence-corrected chi connectivity index (χ2v) is 3.65. The lowest BCUT2D eigenvalue weighted by atomic mass is 10.1. The zero-order valence-electron chi connectivity index (χ0n) is 8.86. The maximum Gasteiger partial charge on any atom is 0.248 e. The van der Waals surface area contributed by atoms with Gasteiger partial charge in [-0.25, -0.2) is 0 Å². The number of H-pyrrole nitrogens is 1. The highest BCUT2D eigenvalue weighted by molar-refractivity contribution is 5.80. The highest BCUT2D eigenvalue weighted by Gasteiger charge is 2.17. The molecule has 0 aliphatic heterocycles. The van der Waals surface area contributed by atoms with Crippen molar-refractivity contribution in [1.29, 1.82) is 0 Å². The zero-order valence-corrected chi connectivity index (χ0v) is 8.86. The van der Waals surface area contributed by atoms with Gasteiger partial charge in [0.2, 0.25) is 11.5 Å². The van der Waals surface area contributed by atoms with E-state index in [1.807, 2.05) is 0 Å². The number of nitrogens with two attached hydrogens (primary N) is 1. The van der Waals surface area contributed by atoms with E-state index >= 15 is 0 Å². The van der Waals surface area contributed by atoms with Crippen molar-refractivity contribution in [2.45, 2.75) is 12.5 Å². The molecule has 0 fully saturated rings. The maximum atomic E-state index is 11.1. The van der Waals surface area contributed by atoms with Crippen molar-refractivity contribution in [2.24, 2.45) is 5.73 Å². The van der Waals surface area contributed by atoms with Crippen LogP contribution in [-0.4, -0.2) is 35.9 Å². The average molecular weight is 209 g/mol. The lowest BCUT2D eigenvalue weighted by molar-refractivity contribution is -0.122. The number of aromatic amines is 1. The minimum absolute atomic E-state index is 0.172. The van der Waals surface area contributed by atoms with Gasteiger partial charge in [-0.1, -0.05) is 0 Å². The van der Waals surface area contributed by atoms with Gasteiger partial charge in [0, 0.05) is 12.3 Å². The molecule has 0 unspecified atom stereocenters. The summed E-state index contributed by atoms with van der Waals surface area (Å²) in [7, 11) is 3.56. The van der Waals surface area contributed by atoms with Crippen LogP contribution in [-0.2, 0) is 11.2 Å². The van der Waals surface area contributed by atoms with Gasteiger partial charge in [0.1, 0.15) is 0 Å². The van der Waals surface area contributed by atoms with Crippen LogP contribution in [0.1, 0.15) is 5.56 Å². The monoisotopic (exact) mass is 209 g/mol. The zero-order chi connectivity index (χ0) is 11.4. The van der Waals surface area contributed by atoms with E-state index in [4.69, 9.17) is 5.73 Å². The van der Waals surface area contributed by atoms with Crippen LogP contribution >= 0.6 is 0 Å². The summed E-state index contributed by atoms with van der Waals surface area (Å²) in [4.78, 5) is 26.4. The van der Waals surface area contributed by atoms with E-state index in [9.17, 15) is 9.59 Å². The van der Waals surface area contributed by atoms with Crippen molar-refractivity contribution in [3.05, 3.63) is 34.2 Å². The Labute approximate surface area is 87.9 Å². The van der Waals surface area contributed by atoms with Gasteiger partial charge in [0.25, 0.3) is 0 Å². The molecule has 0 bridgehead atoms.